The first-order valence-corrected chi connectivity index (χ1v) is 7.15. The van der Waals surface area contributed by atoms with Crippen LogP contribution in [0.2, 0.25) is 0 Å². The third-order valence-corrected chi connectivity index (χ3v) is 3.50. The average Bonchev–Trinajstić information content (AvgIpc) is 2.83. The zero-order valence-corrected chi connectivity index (χ0v) is 13.1. The predicted molar refractivity (Wildman–Crippen MR) is 86.1 cm³/mol. The molecule has 2 rings (SSSR count). The van der Waals surface area contributed by atoms with Gasteiger partial charge >= 0.3 is 0 Å². The molecule has 0 saturated carbocycles. The highest BCUT2D eigenvalue weighted by atomic mass is 79.9. The number of benzene rings is 1. The fourth-order valence-electron chi connectivity index (χ4n) is 1.92. The number of nitrogens with two attached hydrogens (primary N) is 1. The number of nitrogens with zero attached hydrogens (tertiary/aromatic N) is 4. The first-order valence-electron chi connectivity index (χ1n) is 6.35. The van der Waals surface area contributed by atoms with Gasteiger partial charge in [-0.05, 0) is 23.8 Å². The summed E-state index contributed by atoms with van der Waals surface area (Å²) in [6, 6.07) is 11.4. The predicted octanol–water partition coefficient (Wildman–Crippen LogP) is 2.16. The molecule has 0 spiro atoms. The first kappa shape index (κ1) is 15.8. The third-order valence-electron chi connectivity index (χ3n) is 2.97. The molecule has 22 heavy (non-hydrogen) atoms. The SMILES string of the molecule is N#CC(=Cc1ccc(Br)cc1)c1nn(CCO)c(N)c1C#N. The minimum absolute atomic E-state index is 0.137. The van der Waals surface area contributed by atoms with Crippen LogP contribution >= 0.6 is 15.9 Å². The molecule has 0 bridgehead atoms. The van der Waals surface area contributed by atoms with Gasteiger partial charge in [0.1, 0.15) is 29.2 Å². The van der Waals surface area contributed by atoms with E-state index in [0.717, 1.165) is 10.0 Å². The number of anilines is 1. The van der Waals surface area contributed by atoms with E-state index in [4.69, 9.17) is 10.8 Å². The molecule has 0 radical (unpaired) electrons. The first-order chi connectivity index (χ1) is 10.6. The standard InChI is InChI=1S/C15H12BrN5O/c16-12-3-1-10(2-4-12)7-11(8-17)14-13(9-18)15(19)21(20-14)5-6-22/h1-4,7,22H,5-6,19H2. The molecule has 110 valence electrons. The van der Waals surface area contributed by atoms with Gasteiger partial charge in [-0.3, -0.25) is 0 Å². The second-order valence-corrected chi connectivity index (χ2v) is 5.30. The Morgan fingerprint density at radius 1 is 1.36 bits per heavy atom. The quantitative estimate of drug-likeness (QED) is 0.814. The Labute approximate surface area is 135 Å². The van der Waals surface area contributed by atoms with Crippen LogP contribution in [-0.4, -0.2) is 21.5 Å². The highest BCUT2D eigenvalue weighted by Crippen LogP contribution is 2.25. The summed E-state index contributed by atoms with van der Waals surface area (Å²) in [5.74, 6) is 0.142. The number of aromatic nitrogens is 2. The van der Waals surface area contributed by atoms with Gasteiger partial charge in [-0.15, -0.1) is 0 Å². The Morgan fingerprint density at radius 2 is 2.05 bits per heavy atom. The minimum atomic E-state index is -0.158. The Morgan fingerprint density at radius 3 is 2.59 bits per heavy atom. The zero-order valence-electron chi connectivity index (χ0n) is 11.5. The van der Waals surface area contributed by atoms with Gasteiger partial charge in [-0.25, -0.2) is 4.68 Å². The number of rotatable bonds is 4. The van der Waals surface area contributed by atoms with Crippen LogP contribution in [0, 0.1) is 22.7 Å². The molecule has 0 saturated heterocycles. The number of hydrogen-bond donors (Lipinski definition) is 2. The number of nitriles is 2. The van der Waals surface area contributed by atoms with Gasteiger partial charge in [-0.2, -0.15) is 15.6 Å². The lowest BCUT2D eigenvalue weighted by molar-refractivity contribution is 0.270. The second kappa shape index (κ2) is 6.90. The van der Waals surface area contributed by atoms with Crippen molar-refractivity contribution in [2.24, 2.45) is 0 Å². The van der Waals surface area contributed by atoms with Gasteiger partial charge in [0.25, 0.3) is 0 Å². The monoisotopic (exact) mass is 357 g/mol. The van der Waals surface area contributed by atoms with Gasteiger partial charge in [0.05, 0.1) is 18.7 Å². The van der Waals surface area contributed by atoms with Crippen LogP contribution in [0.4, 0.5) is 5.82 Å². The summed E-state index contributed by atoms with van der Waals surface area (Å²) in [6.07, 6.45) is 1.64. The van der Waals surface area contributed by atoms with Crippen LogP contribution in [0.1, 0.15) is 16.8 Å². The molecule has 0 aliphatic rings. The lowest BCUT2D eigenvalue weighted by atomic mass is 10.1. The Bertz CT molecular complexity index is 793. The van der Waals surface area contributed by atoms with Crippen LogP contribution in [0.25, 0.3) is 11.6 Å². The van der Waals surface area contributed by atoms with Crippen LogP contribution in [0.15, 0.2) is 28.7 Å². The van der Waals surface area contributed by atoms with Crippen molar-refractivity contribution in [1.82, 2.24) is 9.78 Å². The summed E-state index contributed by atoms with van der Waals surface area (Å²) in [5, 5.41) is 31.8. The fourth-order valence-corrected chi connectivity index (χ4v) is 2.18. The lowest BCUT2D eigenvalue weighted by Crippen LogP contribution is -2.07. The van der Waals surface area contributed by atoms with Crippen molar-refractivity contribution in [3.05, 3.63) is 45.6 Å². The van der Waals surface area contributed by atoms with Gasteiger partial charge in [0, 0.05) is 4.47 Å². The maximum absolute atomic E-state index is 9.37. The molecule has 6 nitrogen and oxygen atoms in total. The van der Waals surface area contributed by atoms with Crippen LogP contribution in [0.5, 0.6) is 0 Å². The summed E-state index contributed by atoms with van der Waals surface area (Å²) in [4.78, 5) is 0. The molecule has 0 fully saturated rings. The molecule has 1 aromatic heterocycles. The minimum Gasteiger partial charge on any atom is -0.394 e. The molecule has 0 atom stereocenters. The number of halogens is 1. The number of hydrogen-bond acceptors (Lipinski definition) is 5. The molecule has 0 amide bonds. The van der Waals surface area contributed by atoms with Crippen molar-refractivity contribution in [3.8, 4) is 12.1 Å². The lowest BCUT2D eigenvalue weighted by Gasteiger charge is -1.99. The van der Waals surface area contributed by atoms with Gasteiger partial charge < -0.3 is 10.8 Å². The van der Waals surface area contributed by atoms with E-state index < -0.39 is 0 Å². The molecular weight excluding hydrogens is 346 g/mol. The van der Waals surface area contributed by atoms with E-state index in [1.54, 1.807) is 6.08 Å². The van der Waals surface area contributed by atoms with Crippen molar-refractivity contribution in [2.45, 2.75) is 6.54 Å². The summed E-state index contributed by atoms with van der Waals surface area (Å²) in [5.41, 5.74) is 7.23. The van der Waals surface area contributed by atoms with E-state index in [9.17, 15) is 10.5 Å². The summed E-state index contributed by atoms with van der Waals surface area (Å²) < 4.78 is 2.25. The van der Waals surface area contributed by atoms with Crippen LogP contribution in [-0.2, 0) is 6.54 Å². The maximum Gasteiger partial charge on any atom is 0.140 e. The summed E-state index contributed by atoms with van der Waals surface area (Å²) in [6.45, 7) is 0.00596. The van der Waals surface area contributed by atoms with E-state index in [1.165, 1.54) is 4.68 Å². The molecular formula is C15H12BrN5O. The second-order valence-electron chi connectivity index (χ2n) is 4.39. The zero-order chi connectivity index (χ0) is 16.1. The van der Waals surface area contributed by atoms with Gasteiger partial charge in [0.2, 0.25) is 0 Å². The molecule has 0 aliphatic carbocycles. The van der Waals surface area contributed by atoms with E-state index in [2.05, 4.69) is 21.0 Å². The molecule has 0 aliphatic heterocycles. The molecule has 1 aromatic carbocycles. The summed E-state index contributed by atoms with van der Waals surface area (Å²) >= 11 is 3.34. The van der Waals surface area contributed by atoms with Crippen molar-refractivity contribution in [1.29, 1.82) is 10.5 Å². The van der Waals surface area contributed by atoms with Gasteiger partial charge in [0.15, 0.2) is 0 Å². The van der Waals surface area contributed by atoms with Crippen molar-refractivity contribution < 1.29 is 5.11 Å². The van der Waals surface area contributed by atoms with Crippen molar-refractivity contribution in [3.63, 3.8) is 0 Å². The fraction of sp³-hybridized carbons (Fsp3) is 0.133. The van der Waals surface area contributed by atoms with E-state index in [-0.39, 0.29) is 35.8 Å². The molecule has 2 aromatic rings. The molecule has 0 unspecified atom stereocenters. The Kier molecular flexibility index (Phi) is 4.95. The number of nitrogen functional groups attached to an aromatic ring is 1. The molecule has 1 heterocycles. The van der Waals surface area contributed by atoms with E-state index in [0.29, 0.717) is 0 Å². The van der Waals surface area contributed by atoms with E-state index in [1.807, 2.05) is 36.4 Å². The average molecular weight is 358 g/mol. The number of allylic oxidation sites excluding steroid dienone is 1. The largest absolute Gasteiger partial charge is 0.394 e. The summed E-state index contributed by atoms with van der Waals surface area (Å²) in [7, 11) is 0. The highest BCUT2D eigenvalue weighted by Gasteiger charge is 2.18. The van der Waals surface area contributed by atoms with Crippen molar-refractivity contribution in [2.75, 3.05) is 12.3 Å². The van der Waals surface area contributed by atoms with Crippen LogP contribution < -0.4 is 5.73 Å². The van der Waals surface area contributed by atoms with E-state index >= 15 is 0 Å². The number of aliphatic hydroxyl groups excluding tert-OH is 1. The third kappa shape index (κ3) is 3.17. The smallest absolute Gasteiger partial charge is 0.140 e. The topological polar surface area (TPSA) is 112 Å². The number of aliphatic hydroxyl groups is 1. The molecule has 7 heteroatoms. The van der Waals surface area contributed by atoms with Crippen molar-refractivity contribution >= 4 is 33.4 Å². The normalized spacial score (nSPS) is 11.0. The van der Waals surface area contributed by atoms with Gasteiger partial charge in [-0.1, -0.05) is 28.1 Å². The highest BCUT2D eigenvalue weighted by molar-refractivity contribution is 9.10. The van der Waals surface area contributed by atoms with Crippen LogP contribution in [0.3, 0.4) is 0 Å². The Hall–Kier alpha value is -2.61. The maximum atomic E-state index is 9.37. The molecule has 3 N–H and O–H groups in total. The Balaban J connectivity index is 2.52.